The molecule has 0 bridgehead atoms. The minimum Gasteiger partial charge on any atom is -0.412 e. The van der Waals surface area contributed by atoms with Crippen LogP contribution in [0.5, 0.6) is 0 Å². The van der Waals surface area contributed by atoms with Gasteiger partial charge in [0.1, 0.15) is 0 Å². The van der Waals surface area contributed by atoms with Gasteiger partial charge in [-0.2, -0.15) is 0 Å². The van der Waals surface area contributed by atoms with Gasteiger partial charge < -0.3 is 5.48 Å². The van der Waals surface area contributed by atoms with E-state index in [0.29, 0.717) is 0 Å². The number of allylic oxidation sites excluding steroid dienone is 2. The molecule has 0 aromatic rings. The third kappa shape index (κ3) is 11.3. The minimum atomic E-state index is 0. The van der Waals surface area contributed by atoms with E-state index in [1.807, 2.05) is 0 Å². The molecule has 0 amide bonds. The SMILES string of the molecule is CCCC=CCCC.O. The van der Waals surface area contributed by atoms with Gasteiger partial charge in [-0.15, -0.1) is 0 Å². The lowest BCUT2D eigenvalue weighted by Gasteiger charge is -1.83. The minimum absolute atomic E-state index is 0. The second-order valence-electron chi connectivity index (χ2n) is 2.05. The maximum Gasteiger partial charge on any atom is -0.0353 e. The zero-order chi connectivity index (χ0) is 6.24. The molecule has 0 radical (unpaired) electrons. The molecule has 0 aliphatic heterocycles. The molecule has 1 heteroatoms. The Balaban J connectivity index is 0. The first-order valence-electron chi connectivity index (χ1n) is 3.56. The van der Waals surface area contributed by atoms with Crippen LogP contribution < -0.4 is 0 Å². The second kappa shape index (κ2) is 10.6. The summed E-state index contributed by atoms with van der Waals surface area (Å²) in [7, 11) is 0. The van der Waals surface area contributed by atoms with Crippen molar-refractivity contribution in [2.45, 2.75) is 39.5 Å². The Bertz CT molecular complexity index is 49.6. The van der Waals surface area contributed by atoms with Gasteiger partial charge in [-0.3, -0.25) is 0 Å². The first-order valence-corrected chi connectivity index (χ1v) is 3.56. The molecular formula is C8H18O. The fraction of sp³-hybridized carbons (Fsp3) is 0.750. The van der Waals surface area contributed by atoms with E-state index in [1.54, 1.807) is 0 Å². The van der Waals surface area contributed by atoms with E-state index in [2.05, 4.69) is 26.0 Å². The van der Waals surface area contributed by atoms with E-state index in [-0.39, 0.29) is 5.48 Å². The molecule has 0 aliphatic rings. The summed E-state index contributed by atoms with van der Waals surface area (Å²) in [6.07, 6.45) is 9.59. The van der Waals surface area contributed by atoms with Crippen molar-refractivity contribution in [1.82, 2.24) is 0 Å². The van der Waals surface area contributed by atoms with E-state index >= 15 is 0 Å². The van der Waals surface area contributed by atoms with Crippen molar-refractivity contribution in [3.8, 4) is 0 Å². The molecule has 56 valence electrons. The zero-order valence-corrected chi connectivity index (χ0v) is 6.48. The second-order valence-corrected chi connectivity index (χ2v) is 2.05. The monoisotopic (exact) mass is 130 g/mol. The third-order valence-corrected chi connectivity index (χ3v) is 1.08. The summed E-state index contributed by atoms with van der Waals surface area (Å²) < 4.78 is 0. The molecule has 0 unspecified atom stereocenters. The average Bonchev–Trinajstić information content (AvgIpc) is 1.81. The highest BCUT2D eigenvalue weighted by Gasteiger charge is 1.72. The molecule has 0 aromatic carbocycles. The van der Waals surface area contributed by atoms with Crippen molar-refractivity contribution in [2.24, 2.45) is 0 Å². The predicted molar refractivity (Wildman–Crippen MR) is 42.6 cm³/mol. The Labute approximate surface area is 58.1 Å². The van der Waals surface area contributed by atoms with Crippen molar-refractivity contribution >= 4 is 0 Å². The Kier molecular flexibility index (Phi) is 13.6. The zero-order valence-electron chi connectivity index (χ0n) is 6.48. The van der Waals surface area contributed by atoms with Crippen LogP contribution in [-0.4, -0.2) is 5.48 Å². The van der Waals surface area contributed by atoms with E-state index in [4.69, 9.17) is 0 Å². The normalized spacial score (nSPS) is 9.56. The Morgan fingerprint density at radius 1 is 0.889 bits per heavy atom. The van der Waals surface area contributed by atoms with Crippen molar-refractivity contribution in [2.75, 3.05) is 0 Å². The van der Waals surface area contributed by atoms with Crippen LogP contribution in [0.4, 0.5) is 0 Å². The van der Waals surface area contributed by atoms with Gasteiger partial charge in [0.15, 0.2) is 0 Å². The van der Waals surface area contributed by atoms with Crippen molar-refractivity contribution in [3.05, 3.63) is 12.2 Å². The molecule has 2 N–H and O–H groups in total. The fourth-order valence-corrected chi connectivity index (χ4v) is 0.569. The molecule has 0 rings (SSSR count). The van der Waals surface area contributed by atoms with E-state index in [1.165, 1.54) is 25.7 Å². The van der Waals surface area contributed by atoms with Crippen LogP contribution in [0.1, 0.15) is 39.5 Å². The van der Waals surface area contributed by atoms with E-state index in [0.717, 1.165) is 0 Å². The number of unbranched alkanes of at least 4 members (excludes halogenated alkanes) is 2. The van der Waals surface area contributed by atoms with Crippen LogP contribution in [0.15, 0.2) is 12.2 Å². The molecule has 0 heterocycles. The molecule has 0 atom stereocenters. The van der Waals surface area contributed by atoms with Crippen LogP contribution in [0, 0.1) is 0 Å². The van der Waals surface area contributed by atoms with Crippen LogP contribution >= 0.6 is 0 Å². The van der Waals surface area contributed by atoms with Gasteiger partial charge in [-0.1, -0.05) is 38.8 Å². The van der Waals surface area contributed by atoms with Crippen molar-refractivity contribution in [1.29, 1.82) is 0 Å². The van der Waals surface area contributed by atoms with Gasteiger partial charge >= 0.3 is 0 Å². The molecule has 0 spiro atoms. The Hall–Kier alpha value is -0.300. The van der Waals surface area contributed by atoms with Gasteiger partial charge in [-0.25, -0.2) is 0 Å². The fourth-order valence-electron chi connectivity index (χ4n) is 0.569. The van der Waals surface area contributed by atoms with Gasteiger partial charge in [0.25, 0.3) is 0 Å². The molecule has 0 fully saturated rings. The molecule has 1 nitrogen and oxygen atoms in total. The summed E-state index contributed by atoms with van der Waals surface area (Å²) in [6, 6.07) is 0. The van der Waals surface area contributed by atoms with Crippen molar-refractivity contribution in [3.63, 3.8) is 0 Å². The molecule has 0 aliphatic carbocycles. The molecule has 0 aromatic heterocycles. The van der Waals surface area contributed by atoms with Crippen LogP contribution in [0.2, 0.25) is 0 Å². The number of hydrogen-bond donors (Lipinski definition) is 0. The van der Waals surface area contributed by atoms with Gasteiger partial charge in [0, 0.05) is 0 Å². The standard InChI is InChI=1S/C8H16.H2O/c1-3-5-7-8-6-4-2;/h7-8H,3-6H2,1-2H3;1H2. The smallest absolute Gasteiger partial charge is 0.0353 e. The van der Waals surface area contributed by atoms with E-state index in [9.17, 15) is 0 Å². The molecule has 0 saturated carbocycles. The maximum atomic E-state index is 2.27. The summed E-state index contributed by atoms with van der Waals surface area (Å²) in [4.78, 5) is 0. The highest BCUT2D eigenvalue weighted by atomic mass is 16.0. The summed E-state index contributed by atoms with van der Waals surface area (Å²) in [6.45, 7) is 4.41. The first kappa shape index (κ1) is 11.5. The largest absolute Gasteiger partial charge is 0.412 e. The summed E-state index contributed by atoms with van der Waals surface area (Å²) in [5.41, 5.74) is 0. The van der Waals surface area contributed by atoms with E-state index < -0.39 is 0 Å². The Morgan fingerprint density at radius 3 is 1.44 bits per heavy atom. The lowest BCUT2D eigenvalue weighted by atomic mass is 10.2. The van der Waals surface area contributed by atoms with Gasteiger partial charge in [-0.05, 0) is 12.8 Å². The highest BCUT2D eigenvalue weighted by Crippen LogP contribution is 1.92. The highest BCUT2D eigenvalue weighted by molar-refractivity contribution is 4.79. The summed E-state index contributed by atoms with van der Waals surface area (Å²) in [5, 5.41) is 0. The average molecular weight is 130 g/mol. The molecule has 9 heavy (non-hydrogen) atoms. The third-order valence-electron chi connectivity index (χ3n) is 1.08. The van der Waals surface area contributed by atoms with Gasteiger partial charge in [0.05, 0.1) is 0 Å². The molecule has 0 saturated heterocycles. The molecular weight excluding hydrogens is 112 g/mol. The van der Waals surface area contributed by atoms with Crippen LogP contribution in [-0.2, 0) is 0 Å². The topological polar surface area (TPSA) is 31.5 Å². The Morgan fingerprint density at radius 2 is 1.22 bits per heavy atom. The number of rotatable bonds is 4. The van der Waals surface area contributed by atoms with Crippen LogP contribution in [0.3, 0.4) is 0 Å². The quantitative estimate of drug-likeness (QED) is 0.523. The summed E-state index contributed by atoms with van der Waals surface area (Å²) >= 11 is 0. The predicted octanol–water partition coefficient (Wildman–Crippen LogP) is 2.32. The van der Waals surface area contributed by atoms with Gasteiger partial charge in [0.2, 0.25) is 0 Å². The van der Waals surface area contributed by atoms with Crippen molar-refractivity contribution < 1.29 is 5.48 Å². The maximum absolute atomic E-state index is 2.27. The summed E-state index contributed by atoms with van der Waals surface area (Å²) in [5.74, 6) is 0. The lowest BCUT2D eigenvalue weighted by molar-refractivity contribution is 0.824. The van der Waals surface area contributed by atoms with Crippen LogP contribution in [0.25, 0.3) is 0 Å². The lowest BCUT2D eigenvalue weighted by Crippen LogP contribution is -1.62. The first-order chi connectivity index (χ1) is 3.91. The number of hydrogen-bond acceptors (Lipinski definition) is 0.